The lowest BCUT2D eigenvalue weighted by Crippen LogP contribution is -2.43. The molecule has 1 aromatic rings. The van der Waals surface area contributed by atoms with Crippen molar-refractivity contribution in [2.45, 2.75) is 46.0 Å². The Hall–Kier alpha value is -1.62. The van der Waals surface area contributed by atoms with Crippen LogP contribution in [0.25, 0.3) is 0 Å². The molecule has 2 aliphatic rings. The van der Waals surface area contributed by atoms with E-state index in [9.17, 15) is 4.79 Å². The van der Waals surface area contributed by atoms with E-state index in [1.165, 1.54) is 32.1 Å². The zero-order valence-corrected chi connectivity index (χ0v) is 15.1. The summed E-state index contributed by atoms with van der Waals surface area (Å²) in [7, 11) is 0. The third-order valence-corrected chi connectivity index (χ3v) is 5.06. The van der Waals surface area contributed by atoms with Crippen LogP contribution < -0.4 is 10.2 Å². The SMILES string of the molecule is CC1(C)CCCN(CC(=O)Nc2ccc(N3CCCCC3)nc2)C1. The summed E-state index contributed by atoms with van der Waals surface area (Å²) in [4.78, 5) is 21.4. The van der Waals surface area contributed by atoms with E-state index in [1.807, 2.05) is 12.1 Å². The van der Waals surface area contributed by atoms with Gasteiger partial charge in [0.2, 0.25) is 5.91 Å². The molecular formula is C19H30N4O. The molecule has 0 aliphatic carbocycles. The second-order valence-electron chi connectivity index (χ2n) is 7.98. The van der Waals surface area contributed by atoms with Gasteiger partial charge in [0.15, 0.2) is 0 Å². The van der Waals surface area contributed by atoms with Crippen LogP contribution in [-0.2, 0) is 4.79 Å². The molecule has 24 heavy (non-hydrogen) atoms. The Labute approximate surface area is 145 Å². The zero-order chi connectivity index (χ0) is 17.0. The number of aromatic nitrogens is 1. The van der Waals surface area contributed by atoms with Crippen molar-refractivity contribution >= 4 is 17.4 Å². The molecule has 1 amide bonds. The van der Waals surface area contributed by atoms with Gasteiger partial charge in [-0.2, -0.15) is 0 Å². The number of nitrogens with one attached hydrogen (secondary N) is 1. The summed E-state index contributed by atoms with van der Waals surface area (Å²) >= 11 is 0. The highest BCUT2D eigenvalue weighted by Crippen LogP contribution is 2.28. The molecule has 2 aliphatic heterocycles. The van der Waals surface area contributed by atoms with Crippen molar-refractivity contribution in [3.8, 4) is 0 Å². The predicted molar refractivity (Wildman–Crippen MR) is 98.4 cm³/mol. The van der Waals surface area contributed by atoms with Gasteiger partial charge in [-0.3, -0.25) is 9.69 Å². The first-order valence-corrected chi connectivity index (χ1v) is 9.25. The highest BCUT2D eigenvalue weighted by molar-refractivity contribution is 5.92. The van der Waals surface area contributed by atoms with Gasteiger partial charge in [-0.05, 0) is 56.2 Å². The van der Waals surface area contributed by atoms with E-state index < -0.39 is 0 Å². The number of hydrogen-bond acceptors (Lipinski definition) is 4. The molecule has 1 N–H and O–H groups in total. The number of nitrogens with zero attached hydrogens (tertiary/aromatic N) is 3. The van der Waals surface area contributed by atoms with E-state index in [4.69, 9.17) is 0 Å². The molecule has 1 aromatic heterocycles. The second-order valence-corrected chi connectivity index (χ2v) is 7.98. The maximum absolute atomic E-state index is 12.3. The number of likely N-dealkylation sites (tertiary alicyclic amines) is 1. The monoisotopic (exact) mass is 330 g/mol. The van der Waals surface area contributed by atoms with Crippen LogP contribution >= 0.6 is 0 Å². The second kappa shape index (κ2) is 7.51. The van der Waals surface area contributed by atoms with E-state index in [2.05, 4.69) is 33.9 Å². The molecule has 0 spiro atoms. The van der Waals surface area contributed by atoms with Gasteiger partial charge in [0.05, 0.1) is 18.4 Å². The van der Waals surface area contributed by atoms with Crippen molar-refractivity contribution in [1.82, 2.24) is 9.88 Å². The number of carbonyl (C=O) groups excluding carboxylic acids is 1. The summed E-state index contributed by atoms with van der Waals surface area (Å²) in [6.07, 6.45) is 8.00. The van der Waals surface area contributed by atoms with Gasteiger partial charge >= 0.3 is 0 Å². The molecule has 0 unspecified atom stereocenters. The molecule has 3 heterocycles. The summed E-state index contributed by atoms with van der Waals surface area (Å²) in [6, 6.07) is 3.99. The van der Waals surface area contributed by atoms with Crippen LogP contribution in [0.15, 0.2) is 18.3 Å². The summed E-state index contributed by atoms with van der Waals surface area (Å²) < 4.78 is 0. The number of piperidine rings is 2. The fourth-order valence-corrected chi connectivity index (χ4v) is 3.85. The lowest BCUT2D eigenvalue weighted by molar-refractivity contribution is -0.118. The van der Waals surface area contributed by atoms with E-state index in [-0.39, 0.29) is 5.91 Å². The standard InChI is InChI=1S/C19H30N4O/c1-19(2)9-6-10-22(15-19)14-18(24)21-16-7-8-17(20-13-16)23-11-4-3-5-12-23/h7-8,13H,3-6,9-12,14-15H2,1-2H3,(H,21,24). The number of hydrogen-bond donors (Lipinski definition) is 1. The van der Waals surface area contributed by atoms with E-state index in [1.54, 1.807) is 6.20 Å². The maximum atomic E-state index is 12.3. The first kappa shape index (κ1) is 17.2. The molecule has 0 saturated carbocycles. The van der Waals surface area contributed by atoms with Gasteiger partial charge < -0.3 is 10.2 Å². The lowest BCUT2D eigenvalue weighted by atomic mass is 9.84. The van der Waals surface area contributed by atoms with Crippen LogP contribution in [-0.4, -0.2) is 48.5 Å². The maximum Gasteiger partial charge on any atom is 0.238 e. The summed E-state index contributed by atoms with van der Waals surface area (Å²) in [5.74, 6) is 1.07. The van der Waals surface area contributed by atoms with Crippen LogP contribution in [0.3, 0.4) is 0 Å². The number of carbonyl (C=O) groups is 1. The topological polar surface area (TPSA) is 48.5 Å². The minimum absolute atomic E-state index is 0.0558. The minimum Gasteiger partial charge on any atom is -0.357 e. The Morgan fingerprint density at radius 1 is 1.17 bits per heavy atom. The van der Waals surface area contributed by atoms with Crippen molar-refractivity contribution in [1.29, 1.82) is 0 Å². The van der Waals surface area contributed by atoms with Crippen LogP contribution in [0.4, 0.5) is 11.5 Å². The predicted octanol–water partition coefficient (Wildman–Crippen LogP) is 3.13. The van der Waals surface area contributed by atoms with Crippen LogP contribution in [0.2, 0.25) is 0 Å². The largest absolute Gasteiger partial charge is 0.357 e. The molecule has 0 bridgehead atoms. The van der Waals surface area contributed by atoms with Gasteiger partial charge in [0, 0.05) is 19.6 Å². The third-order valence-electron chi connectivity index (χ3n) is 5.06. The number of amides is 1. The Morgan fingerprint density at radius 2 is 1.96 bits per heavy atom. The van der Waals surface area contributed by atoms with E-state index in [0.29, 0.717) is 12.0 Å². The molecule has 0 atom stereocenters. The normalized spacial score (nSPS) is 21.5. The fourth-order valence-electron chi connectivity index (χ4n) is 3.85. The van der Waals surface area contributed by atoms with Crippen molar-refractivity contribution in [3.05, 3.63) is 18.3 Å². The summed E-state index contributed by atoms with van der Waals surface area (Å²) in [6.45, 7) is 9.21. The minimum atomic E-state index is 0.0558. The van der Waals surface area contributed by atoms with Crippen LogP contribution in [0.5, 0.6) is 0 Å². The highest BCUT2D eigenvalue weighted by Gasteiger charge is 2.27. The molecule has 5 heteroatoms. The van der Waals surface area contributed by atoms with Gasteiger partial charge in [-0.15, -0.1) is 0 Å². The number of anilines is 2. The summed E-state index contributed by atoms with van der Waals surface area (Å²) in [5.41, 5.74) is 1.10. The smallest absolute Gasteiger partial charge is 0.238 e. The Balaban J connectivity index is 1.51. The third kappa shape index (κ3) is 4.69. The lowest BCUT2D eigenvalue weighted by Gasteiger charge is -2.37. The van der Waals surface area contributed by atoms with Crippen molar-refractivity contribution in [2.75, 3.05) is 42.9 Å². The molecular weight excluding hydrogens is 300 g/mol. The molecule has 0 radical (unpaired) electrons. The molecule has 0 aromatic carbocycles. The molecule has 132 valence electrons. The van der Waals surface area contributed by atoms with Crippen molar-refractivity contribution < 1.29 is 4.79 Å². The Bertz CT molecular complexity index is 549. The fraction of sp³-hybridized carbons (Fsp3) is 0.684. The van der Waals surface area contributed by atoms with Gasteiger partial charge in [0.25, 0.3) is 0 Å². The first-order chi connectivity index (χ1) is 11.5. The molecule has 5 nitrogen and oxygen atoms in total. The van der Waals surface area contributed by atoms with E-state index >= 15 is 0 Å². The van der Waals surface area contributed by atoms with Gasteiger partial charge in [-0.25, -0.2) is 4.98 Å². The highest BCUT2D eigenvalue weighted by atomic mass is 16.2. The molecule has 2 fully saturated rings. The van der Waals surface area contributed by atoms with Crippen LogP contribution in [0.1, 0.15) is 46.0 Å². The van der Waals surface area contributed by atoms with E-state index in [0.717, 1.165) is 37.7 Å². The van der Waals surface area contributed by atoms with Gasteiger partial charge in [-0.1, -0.05) is 13.8 Å². The number of rotatable bonds is 4. The molecule has 2 saturated heterocycles. The zero-order valence-electron chi connectivity index (χ0n) is 15.1. The van der Waals surface area contributed by atoms with Crippen LogP contribution in [0, 0.1) is 5.41 Å². The molecule has 3 rings (SSSR count). The average Bonchev–Trinajstić information content (AvgIpc) is 2.55. The summed E-state index contributed by atoms with van der Waals surface area (Å²) in [5, 5.41) is 2.99. The van der Waals surface area contributed by atoms with Gasteiger partial charge in [0.1, 0.15) is 5.82 Å². The Morgan fingerprint density at radius 3 is 2.62 bits per heavy atom. The van der Waals surface area contributed by atoms with Crippen molar-refractivity contribution in [3.63, 3.8) is 0 Å². The van der Waals surface area contributed by atoms with Crippen molar-refractivity contribution in [2.24, 2.45) is 5.41 Å². The first-order valence-electron chi connectivity index (χ1n) is 9.25. The quantitative estimate of drug-likeness (QED) is 0.921. The Kier molecular flexibility index (Phi) is 5.39. The average molecular weight is 330 g/mol. The number of pyridine rings is 1.